The van der Waals surface area contributed by atoms with Crippen LogP contribution < -0.4 is 16.0 Å². The summed E-state index contributed by atoms with van der Waals surface area (Å²) in [6, 6.07) is -1.07. The smallest absolute Gasteiger partial charge is 0.321 e. The van der Waals surface area contributed by atoms with Crippen LogP contribution in [0, 0.1) is 0 Å². The Balaban J connectivity index is 4.07. The highest BCUT2D eigenvalue weighted by Crippen LogP contribution is 2.00. The van der Waals surface area contributed by atoms with Crippen LogP contribution in [0.3, 0.4) is 0 Å². The summed E-state index contributed by atoms with van der Waals surface area (Å²) in [5.41, 5.74) is 0. The first-order valence-electron chi connectivity index (χ1n) is 8.01. The summed E-state index contributed by atoms with van der Waals surface area (Å²) in [7, 11) is 0. The molecule has 0 aromatic rings. The van der Waals surface area contributed by atoms with Gasteiger partial charge >= 0.3 is 11.9 Å². The Morgan fingerprint density at radius 1 is 0.880 bits per heavy atom. The first-order valence-corrected chi connectivity index (χ1v) is 8.01. The summed E-state index contributed by atoms with van der Waals surface area (Å²) >= 11 is 0. The molecule has 1 unspecified atom stereocenters. The fraction of sp³-hybridized carbons (Fsp3) is 0.786. The number of carbonyl (C=O) groups is 3. The Kier molecular flexibility index (Phi) is 13.5. The first-order chi connectivity index (χ1) is 11.9. The summed E-state index contributed by atoms with van der Waals surface area (Å²) in [5, 5.41) is 43.8. The van der Waals surface area contributed by atoms with Crippen LogP contribution in [0.15, 0.2) is 0 Å². The second-order valence-corrected chi connectivity index (χ2v) is 5.20. The monoisotopic (exact) mass is 364 g/mol. The highest BCUT2D eigenvalue weighted by atomic mass is 16.4. The largest absolute Gasteiger partial charge is 0.480 e. The number of aliphatic hydroxyl groups is 2. The second kappa shape index (κ2) is 14.5. The van der Waals surface area contributed by atoms with Gasteiger partial charge in [-0.1, -0.05) is 0 Å². The molecule has 0 saturated carbocycles. The average molecular weight is 364 g/mol. The molecular formula is C14H28N4O7. The van der Waals surface area contributed by atoms with Crippen LogP contribution in [0.2, 0.25) is 0 Å². The van der Waals surface area contributed by atoms with E-state index in [-0.39, 0.29) is 39.3 Å². The van der Waals surface area contributed by atoms with E-state index in [0.29, 0.717) is 26.2 Å². The predicted octanol–water partition coefficient (Wildman–Crippen LogP) is -3.50. The molecule has 0 aromatic heterocycles. The van der Waals surface area contributed by atoms with E-state index in [4.69, 9.17) is 15.3 Å². The van der Waals surface area contributed by atoms with Crippen LogP contribution in [0.5, 0.6) is 0 Å². The minimum absolute atomic E-state index is 0.0383. The van der Waals surface area contributed by atoms with E-state index in [1.165, 1.54) is 4.90 Å². The lowest BCUT2D eigenvalue weighted by Gasteiger charge is -2.23. The lowest BCUT2D eigenvalue weighted by molar-refractivity contribution is -0.143. The molecule has 0 rings (SSSR count). The van der Waals surface area contributed by atoms with Gasteiger partial charge in [0.1, 0.15) is 6.04 Å². The van der Waals surface area contributed by atoms with E-state index in [0.717, 1.165) is 0 Å². The van der Waals surface area contributed by atoms with Crippen molar-refractivity contribution in [1.29, 1.82) is 0 Å². The Morgan fingerprint density at radius 3 is 1.96 bits per heavy atom. The summed E-state index contributed by atoms with van der Waals surface area (Å²) in [5.74, 6) is -2.56. The Hall–Kier alpha value is -1.79. The van der Waals surface area contributed by atoms with Crippen LogP contribution in [-0.4, -0.2) is 108 Å². The quantitative estimate of drug-likeness (QED) is 0.136. The molecule has 25 heavy (non-hydrogen) atoms. The van der Waals surface area contributed by atoms with Crippen molar-refractivity contribution < 1.29 is 34.8 Å². The number of hydrogen-bond donors (Lipinski definition) is 7. The third kappa shape index (κ3) is 12.3. The van der Waals surface area contributed by atoms with Crippen LogP contribution in [0.4, 0.5) is 0 Å². The summed E-state index contributed by atoms with van der Waals surface area (Å²) in [4.78, 5) is 34.7. The van der Waals surface area contributed by atoms with Crippen LogP contribution >= 0.6 is 0 Å². The number of amides is 1. The normalized spacial score (nSPS) is 11.9. The maximum Gasteiger partial charge on any atom is 0.321 e. The Morgan fingerprint density at radius 2 is 1.44 bits per heavy atom. The maximum atomic E-state index is 12.0. The molecule has 0 fully saturated rings. The van der Waals surface area contributed by atoms with Gasteiger partial charge in [0.2, 0.25) is 5.91 Å². The molecule has 0 heterocycles. The van der Waals surface area contributed by atoms with E-state index in [2.05, 4.69) is 16.0 Å². The van der Waals surface area contributed by atoms with Crippen LogP contribution in [0.1, 0.15) is 6.42 Å². The zero-order valence-electron chi connectivity index (χ0n) is 14.1. The zero-order chi connectivity index (χ0) is 19.1. The molecule has 11 heteroatoms. The summed E-state index contributed by atoms with van der Waals surface area (Å²) in [6.07, 6.45) is -0.282. The molecule has 0 aromatic carbocycles. The number of aliphatic carboxylic acids is 2. The standard InChI is InChI=1S/C14H28N4O7/c19-7-5-18(6-8-20)12(21)9-11(14(24)25)17-4-3-15-1-2-16-10-13(22)23/h11,15-17,19-20H,1-10H2,(H,22,23)(H,24,25). The fourth-order valence-corrected chi connectivity index (χ4v) is 1.99. The molecule has 0 bridgehead atoms. The van der Waals surface area contributed by atoms with Gasteiger partial charge < -0.3 is 41.3 Å². The Bertz CT molecular complexity index is 403. The fourth-order valence-electron chi connectivity index (χ4n) is 1.99. The van der Waals surface area contributed by atoms with Gasteiger partial charge in [0.15, 0.2) is 0 Å². The van der Waals surface area contributed by atoms with Crippen molar-refractivity contribution in [3.8, 4) is 0 Å². The molecule has 0 aliphatic heterocycles. The van der Waals surface area contributed by atoms with Crippen molar-refractivity contribution >= 4 is 17.8 Å². The lowest BCUT2D eigenvalue weighted by Crippen LogP contribution is -2.46. The lowest BCUT2D eigenvalue weighted by atomic mass is 10.2. The van der Waals surface area contributed by atoms with Gasteiger partial charge in [-0.25, -0.2) is 0 Å². The SMILES string of the molecule is O=C(O)CNCCNCCNC(CC(=O)N(CCO)CCO)C(=O)O. The van der Waals surface area contributed by atoms with Gasteiger partial charge in [-0.05, 0) is 0 Å². The van der Waals surface area contributed by atoms with Gasteiger partial charge in [-0.15, -0.1) is 0 Å². The molecule has 0 radical (unpaired) electrons. The van der Waals surface area contributed by atoms with Crippen molar-refractivity contribution in [3.05, 3.63) is 0 Å². The van der Waals surface area contributed by atoms with Crippen molar-refractivity contribution in [2.75, 3.05) is 59.0 Å². The number of hydrogen-bond acceptors (Lipinski definition) is 8. The van der Waals surface area contributed by atoms with Crippen LogP contribution in [-0.2, 0) is 14.4 Å². The minimum atomic E-state index is -1.16. The van der Waals surface area contributed by atoms with E-state index in [9.17, 15) is 19.5 Å². The molecule has 0 saturated heterocycles. The molecule has 7 N–H and O–H groups in total. The highest BCUT2D eigenvalue weighted by molar-refractivity contribution is 5.84. The van der Waals surface area contributed by atoms with E-state index in [1.54, 1.807) is 0 Å². The van der Waals surface area contributed by atoms with Gasteiger partial charge in [-0.2, -0.15) is 0 Å². The average Bonchev–Trinajstić information content (AvgIpc) is 2.55. The van der Waals surface area contributed by atoms with E-state index in [1.807, 2.05) is 0 Å². The first kappa shape index (κ1) is 23.2. The predicted molar refractivity (Wildman–Crippen MR) is 88.2 cm³/mol. The van der Waals surface area contributed by atoms with Crippen molar-refractivity contribution in [2.24, 2.45) is 0 Å². The number of aliphatic hydroxyl groups excluding tert-OH is 2. The third-order valence-corrected chi connectivity index (χ3v) is 3.22. The van der Waals surface area contributed by atoms with Crippen molar-refractivity contribution in [3.63, 3.8) is 0 Å². The number of carboxylic acid groups (broad SMARTS) is 2. The van der Waals surface area contributed by atoms with E-state index >= 15 is 0 Å². The molecule has 1 amide bonds. The molecular weight excluding hydrogens is 336 g/mol. The Labute approximate surface area is 146 Å². The molecule has 11 nitrogen and oxygen atoms in total. The van der Waals surface area contributed by atoms with Gasteiger partial charge in [0.25, 0.3) is 0 Å². The topological polar surface area (TPSA) is 171 Å². The highest BCUT2D eigenvalue weighted by Gasteiger charge is 2.23. The molecule has 0 aliphatic rings. The van der Waals surface area contributed by atoms with Crippen molar-refractivity contribution in [1.82, 2.24) is 20.9 Å². The number of nitrogens with zero attached hydrogens (tertiary/aromatic N) is 1. The maximum absolute atomic E-state index is 12.0. The second-order valence-electron chi connectivity index (χ2n) is 5.20. The van der Waals surface area contributed by atoms with Gasteiger partial charge in [-0.3, -0.25) is 14.4 Å². The molecule has 1 atom stereocenters. The minimum Gasteiger partial charge on any atom is -0.480 e. The number of carboxylic acids is 2. The number of rotatable bonds is 16. The summed E-state index contributed by atoms with van der Waals surface area (Å²) in [6.45, 7) is 1.16. The molecule has 0 spiro atoms. The van der Waals surface area contributed by atoms with Crippen molar-refractivity contribution in [2.45, 2.75) is 12.5 Å². The van der Waals surface area contributed by atoms with Crippen LogP contribution in [0.25, 0.3) is 0 Å². The molecule has 146 valence electrons. The number of nitrogens with one attached hydrogen (secondary N) is 3. The van der Waals surface area contributed by atoms with Gasteiger partial charge in [0, 0.05) is 39.3 Å². The summed E-state index contributed by atoms with van der Waals surface area (Å²) < 4.78 is 0. The third-order valence-electron chi connectivity index (χ3n) is 3.22. The number of carbonyl (C=O) groups excluding carboxylic acids is 1. The molecule has 0 aliphatic carbocycles. The van der Waals surface area contributed by atoms with Gasteiger partial charge in [0.05, 0.1) is 26.2 Å². The zero-order valence-corrected chi connectivity index (χ0v) is 14.1. The van der Waals surface area contributed by atoms with E-state index < -0.39 is 23.9 Å².